The van der Waals surface area contributed by atoms with Crippen molar-refractivity contribution in [3.05, 3.63) is 17.6 Å². The maximum Gasteiger partial charge on any atom is 0.410 e. The lowest BCUT2D eigenvalue weighted by Gasteiger charge is -2.46. The monoisotopic (exact) mass is 419 g/mol. The Kier molecular flexibility index (Phi) is 6.99. The number of nitrogens with one attached hydrogen (secondary N) is 2. The van der Waals surface area contributed by atoms with Gasteiger partial charge in [-0.05, 0) is 58.8 Å². The third-order valence-corrected chi connectivity index (χ3v) is 5.99. The van der Waals surface area contributed by atoms with Gasteiger partial charge in [0.15, 0.2) is 0 Å². The lowest BCUT2D eigenvalue weighted by atomic mass is 9.62. The van der Waals surface area contributed by atoms with E-state index < -0.39 is 17.7 Å². The molecule has 1 aliphatic carbocycles. The molecule has 1 saturated carbocycles. The molecule has 0 bridgehead atoms. The smallest absolute Gasteiger partial charge is 0.410 e. The number of carbonyl (C=O) groups is 2. The first-order chi connectivity index (χ1) is 13.8. The van der Waals surface area contributed by atoms with Crippen LogP contribution in [0.25, 0.3) is 0 Å². The number of anilines is 1. The molecule has 1 aliphatic rings. The number of hydrogen-bond acceptors (Lipinski definition) is 6. The molecule has 2 amide bonds. The zero-order valence-electron chi connectivity index (χ0n) is 19.8. The Morgan fingerprint density at radius 1 is 1.23 bits per heavy atom. The predicted octanol–water partition coefficient (Wildman–Crippen LogP) is 3.25. The van der Waals surface area contributed by atoms with E-state index in [9.17, 15) is 9.59 Å². The zero-order chi connectivity index (χ0) is 22.9. The molecule has 168 valence electrons. The molecule has 0 spiro atoms. The summed E-state index contributed by atoms with van der Waals surface area (Å²) in [7, 11) is 3.45. The van der Waals surface area contributed by atoms with Crippen LogP contribution in [0.3, 0.4) is 0 Å². The van der Waals surface area contributed by atoms with Crippen molar-refractivity contribution < 1.29 is 14.3 Å². The van der Waals surface area contributed by atoms with E-state index in [4.69, 9.17) is 4.74 Å². The van der Waals surface area contributed by atoms with Crippen molar-refractivity contribution in [1.82, 2.24) is 20.2 Å². The van der Waals surface area contributed by atoms with Crippen LogP contribution >= 0.6 is 0 Å². The van der Waals surface area contributed by atoms with Crippen LogP contribution in [0.15, 0.2) is 6.20 Å². The molecular formula is C22H37N5O3. The number of nitrogens with zero attached hydrogens (tertiary/aromatic N) is 3. The van der Waals surface area contributed by atoms with Gasteiger partial charge in [-0.1, -0.05) is 13.8 Å². The van der Waals surface area contributed by atoms with E-state index in [0.29, 0.717) is 5.92 Å². The van der Waals surface area contributed by atoms with Crippen LogP contribution in [0.1, 0.15) is 65.8 Å². The Morgan fingerprint density at radius 2 is 1.83 bits per heavy atom. The van der Waals surface area contributed by atoms with Crippen molar-refractivity contribution in [3.63, 3.8) is 0 Å². The number of aryl methyl sites for hydroxylation is 1. The van der Waals surface area contributed by atoms with Gasteiger partial charge in [-0.3, -0.25) is 9.69 Å². The summed E-state index contributed by atoms with van der Waals surface area (Å²) in [5, 5.41) is 6.24. The second-order valence-electron chi connectivity index (χ2n) is 9.79. The first kappa shape index (κ1) is 23.9. The molecule has 0 unspecified atom stereocenters. The summed E-state index contributed by atoms with van der Waals surface area (Å²) in [6, 6.07) is -0.506. The van der Waals surface area contributed by atoms with E-state index in [1.165, 1.54) is 4.90 Å². The van der Waals surface area contributed by atoms with E-state index in [1.807, 2.05) is 20.2 Å². The van der Waals surface area contributed by atoms with Gasteiger partial charge in [0.25, 0.3) is 0 Å². The average molecular weight is 420 g/mol. The van der Waals surface area contributed by atoms with Crippen LogP contribution in [0.4, 0.5) is 10.6 Å². The van der Waals surface area contributed by atoms with E-state index >= 15 is 0 Å². The van der Waals surface area contributed by atoms with Crippen LogP contribution in [0.5, 0.6) is 0 Å². The summed E-state index contributed by atoms with van der Waals surface area (Å²) in [4.78, 5) is 35.1. The number of ether oxygens (including phenoxy) is 1. The van der Waals surface area contributed by atoms with E-state index in [2.05, 4.69) is 34.4 Å². The number of likely N-dealkylation sites (N-methyl/N-ethyl adjacent to an activating group) is 1. The van der Waals surface area contributed by atoms with E-state index in [-0.39, 0.29) is 17.4 Å². The van der Waals surface area contributed by atoms with Gasteiger partial charge in [-0.25, -0.2) is 14.8 Å². The number of aromatic nitrogens is 2. The standard InChI is InChI=1S/C22H37N5O3/c1-13(27(9)20(29)30-21(3,4)5)19(28)26-16-10-15(11-16)22(6,7)17-12-24-14(2)25-18(17)23-8/h12-13,15-16H,10-11H2,1-9H3,(H,26,28)(H,23,24,25)/t13-,15?,16?/m0/s1. The van der Waals surface area contributed by atoms with Crippen molar-refractivity contribution in [2.75, 3.05) is 19.4 Å². The van der Waals surface area contributed by atoms with Gasteiger partial charge in [0.2, 0.25) is 5.91 Å². The maximum absolute atomic E-state index is 12.6. The number of hydrogen-bond donors (Lipinski definition) is 2. The Hall–Kier alpha value is -2.38. The Labute approximate surface area is 180 Å². The molecule has 2 rings (SSSR count). The van der Waals surface area contributed by atoms with Crippen LogP contribution in [0, 0.1) is 12.8 Å². The first-order valence-corrected chi connectivity index (χ1v) is 10.5. The van der Waals surface area contributed by atoms with Crippen LogP contribution in [0.2, 0.25) is 0 Å². The fourth-order valence-corrected chi connectivity index (χ4v) is 3.67. The molecule has 0 aromatic carbocycles. The fraction of sp³-hybridized carbons (Fsp3) is 0.727. The molecule has 1 fully saturated rings. The van der Waals surface area contributed by atoms with Gasteiger partial charge in [0.1, 0.15) is 23.3 Å². The minimum Gasteiger partial charge on any atom is -0.444 e. The third-order valence-electron chi connectivity index (χ3n) is 5.99. The van der Waals surface area contributed by atoms with Crippen molar-refractivity contribution in [3.8, 4) is 0 Å². The highest BCUT2D eigenvalue weighted by molar-refractivity contribution is 5.85. The molecule has 0 radical (unpaired) electrons. The lowest BCUT2D eigenvalue weighted by molar-refractivity contribution is -0.127. The predicted molar refractivity (Wildman–Crippen MR) is 117 cm³/mol. The Morgan fingerprint density at radius 3 is 2.37 bits per heavy atom. The number of carbonyl (C=O) groups excluding carboxylic acids is 2. The number of amides is 2. The molecule has 1 aromatic rings. The van der Waals surface area contributed by atoms with Crippen molar-refractivity contribution >= 4 is 17.8 Å². The molecule has 0 aliphatic heterocycles. The van der Waals surface area contributed by atoms with Gasteiger partial charge >= 0.3 is 6.09 Å². The van der Waals surface area contributed by atoms with E-state index in [0.717, 1.165) is 30.0 Å². The highest BCUT2D eigenvalue weighted by Gasteiger charge is 2.43. The van der Waals surface area contributed by atoms with Gasteiger partial charge < -0.3 is 15.4 Å². The SMILES string of the molecule is CNc1nc(C)ncc1C(C)(C)C1CC(NC(=O)[C@H](C)N(C)C(=O)OC(C)(C)C)C1. The average Bonchev–Trinajstić information content (AvgIpc) is 2.60. The van der Waals surface area contributed by atoms with Crippen LogP contribution < -0.4 is 10.6 Å². The Balaban J connectivity index is 1.94. The molecular weight excluding hydrogens is 382 g/mol. The zero-order valence-corrected chi connectivity index (χ0v) is 19.8. The molecule has 8 heteroatoms. The van der Waals surface area contributed by atoms with Crippen molar-refractivity contribution in [1.29, 1.82) is 0 Å². The number of rotatable bonds is 6. The second-order valence-corrected chi connectivity index (χ2v) is 9.79. The summed E-state index contributed by atoms with van der Waals surface area (Å²) < 4.78 is 5.35. The lowest BCUT2D eigenvalue weighted by Crippen LogP contribution is -2.55. The highest BCUT2D eigenvalue weighted by atomic mass is 16.6. The van der Waals surface area contributed by atoms with Crippen LogP contribution in [-0.2, 0) is 14.9 Å². The second kappa shape index (κ2) is 8.78. The topological polar surface area (TPSA) is 96.5 Å². The molecule has 2 N–H and O–H groups in total. The fourth-order valence-electron chi connectivity index (χ4n) is 3.67. The molecule has 1 aromatic heterocycles. The minimum atomic E-state index is -0.603. The summed E-state index contributed by atoms with van der Waals surface area (Å²) in [5.74, 6) is 1.83. The van der Waals surface area contributed by atoms with Gasteiger partial charge in [0.05, 0.1) is 0 Å². The van der Waals surface area contributed by atoms with Gasteiger partial charge in [-0.15, -0.1) is 0 Å². The quantitative estimate of drug-likeness (QED) is 0.735. The molecule has 30 heavy (non-hydrogen) atoms. The summed E-state index contributed by atoms with van der Waals surface area (Å²) in [5.41, 5.74) is 0.371. The highest BCUT2D eigenvalue weighted by Crippen LogP contribution is 2.45. The first-order valence-electron chi connectivity index (χ1n) is 10.5. The molecule has 1 heterocycles. The summed E-state index contributed by atoms with van der Waals surface area (Å²) >= 11 is 0. The largest absolute Gasteiger partial charge is 0.444 e. The Bertz CT molecular complexity index is 781. The van der Waals surface area contributed by atoms with Gasteiger partial charge in [0, 0.05) is 31.9 Å². The van der Waals surface area contributed by atoms with Crippen molar-refractivity contribution in [2.45, 2.75) is 84.4 Å². The minimum absolute atomic E-state index is 0.0978. The summed E-state index contributed by atoms with van der Waals surface area (Å²) in [6.45, 7) is 13.4. The van der Waals surface area contributed by atoms with Crippen molar-refractivity contribution in [2.24, 2.45) is 5.92 Å². The molecule has 8 nitrogen and oxygen atoms in total. The maximum atomic E-state index is 12.6. The van der Waals surface area contributed by atoms with E-state index in [1.54, 1.807) is 34.7 Å². The molecule has 0 saturated heterocycles. The van der Waals surface area contributed by atoms with Crippen LogP contribution in [-0.4, -0.2) is 58.6 Å². The summed E-state index contributed by atoms with van der Waals surface area (Å²) in [6.07, 6.45) is 3.15. The molecule has 1 atom stereocenters. The van der Waals surface area contributed by atoms with Gasteiger partial charge in [-0.2, -0.15) is 0 Å². The normalized spacial score (nSPS) is 20.0. The third kappa shape index (κ3) is 5.40.